The summed E-state index contributed by atoms with van der Waals surface area (Å²) in [5.41, 5.74) is 0.861. The first kappa shape index (κ1) is 15.7. The van der Waals surface area contributed by atoms with Gasteiger partial charge in [-0.25, -0.2) is 0 Å². The summed E-state index contributed by atoms with van der Waals surface area (Å²) in [6.45, 7) is 1.44. The third-order valence-electron chi connectivity index (χ3n) is 6.02. The molecule has 24 heavy (non-hydrogen) atoms. The molecule has 1 N–H and O–H groups in total. The van der Waals surface area contributed by atoms with Crippen LogP contribution in [0.15, 0.2) is 30.3 Å². The van der Waals surface area contributed by atoms with Crippen molar-refractivity contribution in [2.45, 2.75) is 56.4 Å². The van der Waals surface area contributed by atoms with Crippen LogP contribution in [0.25, 0.3) is 0 Å². The highest BCUT2D eigenvalue weighted by molar-refractivity contribution is 5.89. The molecule has 1 heterocycles. The van der Waals surface area contributed by atoms with E-state index in [0.717, 1.165) is 63.6 Å². The first-order valence-electron chi connectivity index (χ1n) is 9.34. The quantitative estimate of drug-likeness (QED) is 0.925. The Hall–Kier alpha value is -1.84. The molecule has 0 bridgehead atoms. The van der Waals surface area contributed by atoms with Crippen molar-refractivity contribution < 1.29 is 9.59 Å². The first-order chi connectivity index (χ1) is 11.7. The van der Waals surface area contributed by atoms with E-state index in [0.29, 0.717) is 6.04 Å². The van der Waals surface area contributed by atoms with E-state index in [4.69, 9.17) is 0 Å². The number of carbonyl (C=O) groups excluding carboxylic acids is 2. The number of nitrogens with one attached hydrogen (secondary N) is 1. The molecule has 0 spiro atoms. The van der Waals surface area contributed by atoms with Crippen LogP contribution >= 0.6 is 0 Å². The van der Waals surface area contributed by atoms with Crippen molar-refractivity contribution in [3.05, 3.63) is 35.9 Å². The molecule has 4 nitrogen and oxygen atoms in total. The monoisotopic (exact) mass is 326 g/mol. The number of likely N-dealkylation sites (tertiary alicyclic amines) is 1. The average molecular weight is 326 g/mol. The normalized spacial score (nSPS) is 23.4. The molecule has 0 aromatic heterocycles. The van der Waals surface area contributed by atoms with Crippen molar-refractivity contribution in [3.8, 4) is 0 Å². The van der Waals surface area contributed by atoms with Gasteiger partial charge in [0, 0.05) is 25.0 Å². The molecule has 2 amide bonds. The number of nitrogens with zero attached hydrogens (tertiary/aromatic N) is 1. The van der Waals surface area contributed by atoms with Gasteiger partial charge in [-0.2, -0.15) is 0 Å². The molecule has 3 fully saturated rings. The third-order valence-corrected chi connectivity index (χ3v) is 6.02. The van der Waals surface area contributed by atoms with Gasteiger partial charge in [0.2, 0.25) is 11.8 Å². The Balaban J connectivity index is 1.39. The highest BCUT2D eigenvalue weighted by Gasteiger charge is 2.48. The maximum absolute atomic E-state index is 13.2. The Morgan fingerprint density at radius 1 is 1.00 bits per heavy atom. The van der Waals surface area contributed by atoms with Gasteiger partial charge in [0.05, 0.1) is 5.41 Å². The van der Waals surface area contributed by atoms with Crippen LogP contribution in [-0.2, 0) is 15.0 Å². The summed E-state index contributed by atoms with van der Waals surface area (Å²) in [6, 6.07) is 10.7. The smallest absolute Gasteiger partial charge is 0.233 e. The molecule has 1 aromatic carbocycles. The predicted octanol–water partition coefficient (Wildman–Crippen LogP) is 2.63. The zero-order valence-corrected chi connectivity index (χ0v) is 14.2. The Labute approximate surface area is 143 Å². The summed E-state index contributed by atoms with van der Waals surface area (Å²) >= 11 is 0. The van der Waals surface area contributed by atoms with Crippen LogP contribution in [0.5, 0.6) is 0 Å². The third kappa shape index (κ3) is 2.83. The van der Waals surface area contributed by atoms with Crippen LogP contribution in [0, 0.1) is 5.92 Å². The molecule has 128 valence electrons. The van der Waals surface area contributed by atoms with E-state index in [2.05, 4.69) is 17.4 Å². The predicted molar refractivity (Wildman–Crippen MR) is 92.4 cm³/mol. The van der Waals surface area contributed by atoms with Gasteiger partial charge in [-0.1, -0.05) is 36.8 Å². The van der Waals surface area contributed by atoms with Crippen molar-refractivity contribution >= 4 is 11.8 Å². The van der Waals surface area contributed by atoms with Gasteiger partial charge in [0.1, 0.15) is 0 Å². The van der Waals surface area contributed by atoms with Crippen LogP contribution in [0.1, 0.15) is 50.5 Å². The number of carbonyl (C=O) groups is 2. The van der Waals surface area contributed by atoms with E-state index in [1.165, 1.54) is 0 Å². The maximum atomic E-state index is 13.2. The van der Waals surface area contributed by atoms with Gasteiger partial charge in [-0.3, -0.25) is 9.59 Å². The van der Waals surface area contributed by atoms with Gasteiger partial charge in [0.25, 0.3) is 0 Å². The molecule has 2 aliphatic carbocycles. The molecule has 1 aliphatic heterocycles. The fourth-order valence-electron chi connectivity index (χ4n) is 4.11. The zero-order chi connectivity index (χ0) is 16.6. The minimum Gasteiger partial charge on any atom is -0.353 e. The number of piperidine rings is 1. The van der Waals surface area contributed by atoms with Crippen LogP contribution in [0.3, 0.4) is 0 Å². The molecule has 4 rings (SSSR count). The summed E-state index contributed by atoms with van der Waals surface area (Å²) in [5.74, 6) is 0.565. The summed E-state index contributed by atoms with van der Waals surface area (Å²) in [7, 11) is 0. The Bertz CT molecular complexity index is 612. The number of rotatable bonds is 4. The first-order valence-corrected chi connectivity index (χ1v) is 9.34. The van der Waals surface area contributed by atoms with E-state index in [-0.39, 0.29) is 23.1 Å². The summed E-state index contributed by atoms with van der Waals surface area (Å²) < 4.78 is 0. The molecule has 2 saturated carbocycles. The lowest BCUT2D eigenvalue weighted by Gasteiger charge is -2.45. The lowest BCUT2D eigenvalue weighted by Crippen LogP contribution is -2.53. The number of hydrogen-bond donors (Lipinski definition) is 1. The van der Waals surface area contributed by atoms with E-state index >= 15 is 0 Å². The highest BCUT2D eigenvalue weighted by atomic mass is 16.2. The van der Waals surface area contributed by atoms with Gasteiger partial charge in [-0.05, 0) is 44.1 Å². The summed E-state index contributed by atoms with van der Waals surface area (Å²) in [4.78, 5) is 27.4. The maximum Gasteiger partial charge on any atom is 0.233 e. The van der Waals surface area contributed by atoms with E-state index in [1.807, 2.05) is 23.1 Å². The van der Waals surface area contributed by atoms with E-state index in [1.54, 1.807) is 0 Å². The largest absolute Gasteiger partial charge is 0.353 e. The number of hydrogen-bond acceptors (Lipinski definition) is 2. The zero-order valence-electron chi connectivity index (χ0n) is 14.2. The summed E-state index contributed by atoms with van der Waals surface area (Å²) in [6.07, 6.45) is 6.90. The Morgan fingerprint density at radius 3 is 2.21 bits per heavy atom. The molecular weight excluding hydrogens is 300 g/mol. The molecular formula is C20H26N2O2. The number of benzene rings is 1. The molecule has 1 saturated heterocycles. The lowest BCUT2D eigenvalue weighted by molar-refractivity contribution is -0.144. The summed E-state index contributed by atoms with van der Waals surface area (Å²) in [5, 5.41) is 3.10. The topological polar surface area (TPSA) is 49.4 Å². The van der Waals surface area contributed by atoms with Crippen LogP contribution in [0.4, 0.5) is 0 Å². The SMILES string of the molecule is O=C(NC1CC1)C1CCN(C(=O)C2(c3ccccc3)CCC2)CC1. The van der Waals surface area contributed by atoms with Crippen molar-refractivity contribution in [2.24, 2.45) is 5.92 Å². The lowest BCUT2D eigenvalue weighted by atomic mass is 9.63. The van der Waals surface area contributed by atoms with Gasteiger partial charge < -0.3 is 10.2 Å². The van der Waals surface area contributed by atoms with Crippen molar-refractivity contribution in [2.75, 3.05) is 13.1 Å². The van der Waals surface area contributed by atoms with Crippen molar-refractivity contribution in [1.82, 2.24) is 10.2 Å². The average Bonchev–Trinajstić information content (AvgIpc) is 3.39. The van der Waals surface area contributed by atoms with Gasteiger partial charge in [0.15, 0.2) is 0 Å². The fourth-order valence-corrected chi connectivity index (χ4v) is 4.11. The Morgan fingerprint density at radius 2 is 1.67 bits per heavy atom. The molecule has 0 unspecified atom stereocenters. The number of amides is 2. The van der Waals surface area contributed by atoms with Crippen LogP contribution in [-0.4, -0.2) is 35.8 Å². The second-order valence-corrected chi connectivity index (χ2v) is 7.65. The highest BCUT2D eigenvalue weighted by Crippen LogP contribution is 2.45. The second kappa shape index (κ2) is 6.23. The fraction of sp³-hybridized carbons (Fsp3) is 0.600. The standard InChI is InChI=1S/C20H26N2O2/c23-18(21-17-7-8-17)15-9-13-22(14-10-15)19(24)20(11-4-12-20)16-5-2-1-3-6-16/h1-3,5-6,15,17H,4,7-14H2,(H,21,23). The minimum absolute atomic E-state index is 0.0868. The van der Waals surface area contributed by atoms with Crippen molar-refractivity contribution in [1.29, 1.82) is 0 Å². The van der Waals surface area contributed by atoms with Crippen LogP contribution in [0.2, 0.25) is 0 Å². The van der Waals surface area contributed by atoms with Gasteiger partial charge in [-0.15, -0.1) is 0 Å². The van der Waals surface area contributed by atoms with E-state index < -0.39 is 0 Å². The van der Waals surface area contributed by atoms with Crippen molar-refractivity contribution in [3.63, 3.8) is 0 Å². The van der Waals surface area contributed by atoms with Gasteiger partial charge >= 0.3 is 0 Å². The Kier molecular flexibility index (Phi) is 4.07. The molecule has 0 radical (unpaired) electrons. The molecule has 0 atom stereocenters. The second-order valence-electron chi connectivity index (χ2n) is 7.65. The minimum atomic E-state index is -0.301. The molecule has 4 heteroatoms. The molecule has 1 aromatic rings. The van der Waals surface area contributed by atoms with Crippen LogP contribution < -0.4 is 5.32 Å². The van der Waals surface area contributed by atoms with E-state index in [9.17, 15) is 9.59 Å². The molecule has 3 aliphatic rings.